The van der Waals surface area contributed by atoms with E-state index in [4.69, 9.17) is 0 Å². The van der Waals surface area contributed by atoms with Crippen molar-refractivity contribution in [1.29, 1.82) is 0 Å². The van der Waals surface area contributed by atoms with Gasteiger partial charge in [0.15, 0.2) is 0 Å². The van der Waals surface area contributed by atoms with E-state index in [1.54, 1.807) is 7.05 Å². The third-order valence-corrected chi connectivity index (χ3v) is 3.18. The van der Waals surface area contributed by atoms with Crippen LogP contribution in [0, 0.1) is 20.8 Å². The van der Waals surface area contributed by atoms with Gasteiger partial charge < -0.3 is 5.11 Å². The van der Waals surface area contributed by atoms with Crippen LogP contribution >= 0.6 is 0 Å². The van der Waals surface area contributed by atoms with Crippen molar-refractivity contribution in [3.05, 3.63) is 34.9 Å². The van der Waals surface area contributed by atoms with Crippen LogP contribution in [0.3, 0.4) is 0 Å². The Morgan fingerprint density at radius 2 is 1.71 bits per heavy atom. The fourth-order valence-corrected chi connectivity index (χ4v) is 2.02. The average Bonchev–Trinajstić information content (AvgIpc) is 2.30. The SMILES string of the molecule is CN=Nc1c(C)ccc2c(O)c(C)c(C)cc12. The normalized spacial score (nSPS) is 11.5. The molecule has 0 aliphatic carbocycles. The summed E-state index contributed by atoms with van der Waals surface area (Å²) in [6, 6.07) is 5.95. The van der Waals surface area contributed by atoms with Crippen LogP contribution in [0.25, 0.3) is 10.8 Å². The van der Waals surface area contributed by atoms with E-state index in [9.17, 15) is 5.11 Å². The Kier molecular flexibility index (Phi) is 2.84. The predicted octanol–water partition coefficient (Wildman–Crippen LogP) is 4.18. The number of aryl methyl sites for hydroxylation is 2. The lowest BCUT2D eigenvalue weighted by molar-refractivity contribution is 0.477. The van der Waals surface area contributed by atoms with E-state index in [1.165, 1.54) is 0 Å². The number of hydrogen-bond donors (Lipinski definition) is 1. The van der Waals surface area contributed by atoms with Gasteiger partial charge in [-0.15, -0.1) is 0 Å². The molecule has 3 heteroatoms. The first-order valence-electron chi connectivity index (χ1n) is 5.58. The molecule has 88 valence electrons. The van der Waals surface area contributed by atoms with E-state index >= 15 is 0 Å². The van der Waals surface area contributed by atoms with Crippen LogP contribution in [-0.2, 0) is 0 Å². The molecule has 17 heavy (non-hydrogen) atoms. The number of benzene rings is 2. The number of rotatable bonds is 1. The van der Waals surface area contributed by atoms with Gasteiger partial charge in [0.1, 0.15) is 5.75 Å². The van der Waals surface area contributed by atoms with Crippen LogP contribution in [0.2, 0.25) is 0 Å². The van der Waals surface area contributed by atoms with Crippen molar-refractivity contribution in [3.63, 3.8) is 0 Å². The summed E-state index contributed by atoms with van der Waals surface area (Å²) < 4.78 is 0. The number of nitrogens with zero attached hydrogens (tertiary/aromatic N) is 2. The largest absolute Gasteiger partial charge is 0.507 e. The van der Waals surface area contributed by atoms with Crippen molar-refractivity contribution in [3.8, 4) is 5.75 Å². The molecule has 2 aromatic carbocycles. The number of hydrogen-bond acceptors (Lipinski definition) is 3. The van der Waals surface area contributed by atoms with Gasteiger partial charge in [0.2, 0.25) is 0 Å². The molecule has 0 fully saturated rings. The number of phenols is 1. The number of azo groups is 1. The highest BCUT2D eigenvalue weighted by Crippen LogP contribution is 2.37. The monoisotopic (exact) mass is 228 g/mol. The predicted molar refractivity (Wildman–Crippen MR) is 70.3 cm³/mol. The summed E-state index contributed by atoms with van der Waals surface area (Å²) in [4.78, 5) is 0. The Hall–Kier alpha value is -1.90. The maximum Gasteiger partial charge on any atom is 0.126 e. The van der Waals surface area contributed by atoms with Gasteiger partial charge in [-0.3, -0.25) is 0 Å². The van der Waals surface area contributed by atoms with Crippen LogP contribution in [-0.4, -0.2) is 12.2 Å². The molecule has 0 heterocycles. The second-order valence-electron chi connectivity index (χ2n) is 4.29. The van der Waals surface area contributed by atoms with Crippen molar-refractivity contribution in [1.82, 2.24) is 0 Å². The molecule has 0 atom stereocenters. The average molecular weight is 228 g/mol. The van der Waals surface area contributed by atoms with Gasteiger partial charge in [0.05, 0.1) is 5.69 Å². The van der Waals surface area contributed by atoms with Crippen molar-refractivity contribution in [2.45, 2.75) is 20.8 Å². The zero-order valence-electron chi connectivity index (χ0n) is 10.6. The lowest BCUT2D eigenvalue weighted by Gasteiger charge is -2.11. The third kappa shape index (κ3) is 1.78. The highest BCUT2D eigenvalue weighted by molar-refractivity contribution is 5.98. The molecule has 0 saturated carbocycles. The molecule has 0 aliphatic heterocycles. The van der Waals surface area contributed by atoms with Crippen molar-refractivity contribution >= 4 is 16.5 Å². The van der Waals surface area contributed by atoms with E-state index in [2.05, 4.69) is 16.3 Å². The molecule has 3 nitrogen and oxygen atoms in total. The van der Waals surface area contributed by atoms with Crippen LogP contribution in [0.1, 0.15) is 16.7 Å². The molecule has 0 spiro atoms. The van der Waals surface area contributed by atoms with E-state index < -0.39 is 0 Å². The van der Waals surface area contributed by atoms with Crippen molar-refractivity contribution in [2.75, 3.05) is 7.05 Å². The van der Waals surface area contributed by atoms with Crippen LogP contribution in [0.15, 0.2) is 28.4 Å². The number of aromatic hydroxyl groups is 1. The fraction of sp³-hybridized carbons (Fsp3) is 0.286. The van der Waals surface area contributed by atoms with E-state index in [1.807, 2.05) is 32.9 Å². The maximum absolute atomic E-state index is 10.2. The zero-order chi connectivity index (χ0) is 12.6. The fourth-order valence-electron chi connectivity index (χ4n) is 2.02. The van der Waals surface area contributed by atoms with Gasteiger partial charge in [0, 0.05) is 17.8 Å². The second-order valence-corrected chi connectivity index (χ2v) is 4.29. The van der Waals surface area contributed by atoms with Gasteiger partial charge in [-0.1, -0.05) is 12.1 Å². The molecule has 1 N–H and O–H groups in total. The highest BCUT2D eigenvalue weighted by atomic mass is 16.3. The summed E-state index contributed by atoms with van der Waals surface area (Å²) in [5.74, 6) is 0.340. The molecule has 0 aromatic heterocycles. The van der Waals surface area contributed by atoms with Crippen LogP contribution in [0.4, 0.5) is 5.69 Å². The molecule has 0 aliphatic rings. The standard InChI is InChI=1S/C14H16N2O/c1-8-5-6-11-12(13(8)16-15-4)7-9(2)10(3)14(11)17/h5-7,17H,1-4H3. The second kappa shape index (κ2) is 4.17. The third-order valence-electron chi connectivity index (χ3n) is 3.18. The lowest BCUT2D eigenvalue weighted by atomic mass is 9.98. The Morgan fingerprint density at radius 1 is 1.00 bits per heavy atom. The minimum absolute atomic E-state index is 0.340. The number of fused-ring (bicyclic) bond motifs is 1. The molecule has 2 rings (SSSR count). The van der Waals surface area contributed by atoms with Gasteiger partial charge in [-0.25, -0.2) is 0 Å². The summed E-state index contributed by atoms with van der Waals surface area (Å²) in [6.45, 7) is 5.91. The quantitative estimate of drug-likeness (QED) is 0.731. The Balaban J connectivity index is 2.95. The Labute approximate surface area is 101 Å². The maximum atomic E-state index is 10.2. The van der Waals surface area contributed by atoms with Crippen molar-refractivity contribution < 1.29 is 5.11 Å². The van der Waals surface area contributed by atoms with E-state index in [0.29, 0.717) is 5.75 Å². The summed E-state index contributed by atoms with van der Waals surface area (Å²) in [7, 11) is 1.65. The molecule has 0 amide bonds. The minimum Gasteiger partial charge on any atom is -0.507 e. The molecule has 0 bridgehead atoms. The van der Waals surface area contributed by atoms with E-state index in [0.717, 1.165) is 33.2 Å². The summed E-state index contributed by atoms with van der Waals surface area (Å²) in [5.41, 5.74) is 3.88. The lowest BCUT2D eigenvalue weighted by Crippen LogP contribution is -1.86. The van der Waals surface area contributed by atoms with Crippen molar-refractivity contribution in [2.24, 2.45) is 10.2 Å². The summed E-state index contributed by atoms with van der Waals surface area (Å²) in [6.07, 6.45) is 0. The summed E-state index contributed by atoms with van der Waals surface area (Å²) >= 11 is 0. The molecule has 0 unspecified atom stereocenters. The zero-order valence-corrected chi connectivity index (χ0v) is 10.6. The molecule has 2 aromatic rings. The first kappa shape index (κ1) is 11.6. The van der Waals surface area contributed by atoms with Gasteiger partial charge >= 0.3 is 0 Å². The molecular weight excluding hydrogens is 212 g/mol. The van der Waals surface area contributed by atoms with Gasteiger partial charge in [-0.2, -0.15) is 10.2 Å². The first-order valence-corrected chi connectivity index (χ1v) is 5.58. The molecular formula is C14H16N2O. The van der Waals surface area contributed by atoms with Gasteiger partial charge in [0.25, 0.3) is 0 Å². The molecule has 0 radical (unpaired) electrons. The first-order chi connectivity index (χ1) is 8.06. The van der Waals surface area contributed by atoms with Crippen LogP contribution in [0.5, 0.6) is 5.75 Å². The smallest absolute Gasteiger partial charge is 0.126 e. The molecule has 0 saturated heterocycles. The highest BCUT2D eigenvalue weighted by Gasteiger charge is 2.11. The summed E-state index contributed by atoms with van der Waals surface area (Å²) in [5, 5.41) is 19.9. The Morgan fingerprint density at radius 3 is 2.35 bits per heavy atom. The number of phenolic OH excluding ortho intramolecular Hbond substituents is 1. The minimum atomic E-state index is 0.340. The van der Waals surface area contributed by atoms with Gasteiger partial charge in [-0.05, 0) is 43.5 Å². The van der Waals surface area contributed by atoms with E-state index in [-0.39, 0.29) is 0 Å². The van der Waals surface area contributed by atoms with Crippen LogP contribution < -0.4 is 0 Å². The Bertz CT molecular complexity index is 615. The topological polar surface area (TPSA) is 45.0 Å².